The number of nitrogens with two attached hydrogens (primary N) is 1. The van der Waals surface area contributed by atoms with E-state index in [9.17, 15) is 0 Å². The molecule has 0 atom stereocenters. The van der Waals surface area contributed by atoms with Gasteiger partial charge in [-0.05, 0) is 25.1 Å². The van der Waals surface area contributed by atoms with Crippen LogP contribution in [0.25, 0.3) is 0 Å². The first-order chi connectivity index (χ1) is 9.31. The first-order valence-corrected chi connectivity index (χ1v) is 6.88. The van der Waals surface area contributed by atoms with E-state index in [-0.39, 0.29) is 0 Å². The standard InChI is InChI=1S/C16H24N2O/c1-3-18(12-13-19-4-2)14-16-9-6-5-8-15(16)10-7-11-17/h5-6,8-9H,3-4,11-14,17H2,1-2H3. The number of hydrogen-bond acceptors (Lipinski definition) is 3. The molecule has 3 nitrogen and oxygen atoms in total. The van der Waals surface area contributed by atoms with Crippen LogP contribution in [0.15, 0.2) is 24.3 Å². The molecule has 0 aliphatic heterocycles. The summed E-state index contributed by atoms with van der Waals surface area (Å²) in [5, 5.41) is 0. The van der Waals surface area contributed by atoms with Gasteiger partial charge in [0.2, 0.25) is 0 Å². The Morgan fingerprint density at radius 1 is 1.26 bits per heavy atom. The smallest absolute Gasteiger partial charge is 0.0593 e. The van der Waals surface area contributed by atoms with Gasteiger partial charge in [-0.2, -0.15) is 0 Å². The van der Waals surface area contributed by atoms with Gasteiger partial charge >= 0.3 is 0 Å². The van der Waals surface area contributed by atoms with Crippen molar-refractivity contribution in [1.29, 1.82) is 0 Å². The second-order valence-electron chi connectivity index (χ2n) is 4.23. The fourth-order valence-electron chi connectivity index (χ4n) is 1.85. The molecule has 104 valence electrons. The summed E-state index contributed by atoms with van der Waals surface area (Å²) in [6.07, 6.45) is 0. The third kappa shape index (κ3) is 5.89. The molecule has 0 aliphatic rings. The van der Waals surface area contributed by atoms with Gasteiger partial charge in [0, 0.05) is 25.3 Å². The van der Waals surface area contributed by atoms with Gasteiger partial charge in [0.1, 0.15) is 0 Å². The van der Waals surface area contributed by atoms with E-state index >= 15 is 0 Å². The van der Waals surface area contributed by atoms with Crippen LogP contribution in [-0.2, 0) is 11.3 Å². The van der Waals surface area contributed by atoms with Crippen LogP contribution in [0.4, 0.5) is 0 Å². The number of benzene rings is 1. The highest BCUT2D eigenvalue weighted by molar-refractivity contribution is 5.41. The fraction of sp³-hybridized carbons (Fsp3) is 0.500. The van der Waals surface area contributed by atoms with E-state index in [1.807, 2.05) is 19.1 Å². The van der Waals surface area contributed by atoms with Crippen molar-refractivity contribution in [3.8, 4) is 11.8 Å². The van der Waals surface area contributed by atoms with Crippen LogP contribution in [0.2, 0.25) is 0 Å². The Kier molecular flexibility index (Phi) is 7.92. The van der Waals surface area contributed by atoms with Gasteiger partial charge in [-0.25, -0.2) is 0 Å². The molecule has 0 amide bonds. The maximum Gasteiger partial charge on any atom is 0.0593 e. The molecular weight excluding hydrogens is 236 g/mol. The monoisotopic (exact) mass is 260 g/mol. The van der Waals surface area contributed by atoms with E-state index in [1.54, 1.807) is 0 Å². The second-order valence-corrected chi connectivity index (χ2v) is 4.23. The summed E-state index contributed by atoms with van der Waals surface area (Å²) in [5.74, 6) is 6.06. The van der Waals surface area contributed by atoms with Crippen LogP contribution in [0, 0.1) is 11.8 Å². The zero-order valence-corrected chi connectivity index (χ0v) is 12.0. The largest absolute Gasteiger partial charge is 0.380 e. The Morgan fingerprint density at radius 2 is 2.05 bits per heavy atom. The van der Waals surface area contributed by atoms with Crippen LogP contribution in [-0.4, -0.2) is 37.7 Å². The Bertz CT molecular complexity index is 420. The summed E-state index contributed by atoms with van der Waals surface area (Å²) in [7, 11) is 0. The number of rotatable bonds is 7. The Morgan fingerprint density at radius 3 is 2.74 bits per heavy atom. The van der Waals surface area contributed by atoms with E-state index in [4.69, 9.17) is 10.5 Å². The zero-order chi connectivity index (χ0) is 13.9. The Hall–Kier alpha value is -1.34. The summed E-state index contributed by atoms with van der Waals surface area (Å²) < 4.78 is 5.41. The average molecular weight is 260 g/mol. The van der Waals surface area contributed by atoms with Gasteiger partial charge in [-0.15, -0.1) is 0 Å². The minimum Gasteiger partial charge on any atom is -0.380 e. The lowest BCUT2D eigenvalue weighted by Gasteiger charge is -2.21. The number of ether oxygens (including phenoxy) is 1. The van der Waals surface area contributed by atoms with E-state index in [0.29, 0.717) is 6.54 Å². The molecule has 0 saturated heterocycles. The number of hydrogen-bond donors (Lipinski definition) is 1. The first-order valence-electron chi connectivity index (χ1n) is 6.88. The molecule has 0 aromatic heterocycles. The second kappa shape index (κ2) is 9.57. The molecule has 1 rings (SSSR count). The molecule has 1 aromatic rings. The van der Waals surface area contributed by atoms with Crippen LogP contribution in [0.5, 0.6) is 0 Å². The maximum atomic E-state index is 5.43. The summed E-state index contributed by atoms with van der Waals surface area (Å²) in [6.45, 7) is 9.00. The van der Waals surface area contributed by atoms with Gasteiger partial charge < -0.3 is 10.5 Å². The van der Waals surface area contributed by atoms with Gasteiger partial charge in [0.05, 0.1) is 13.2 Å². The predicted molar refractivity (Wildman–Crippen MR) is 79.8 cm³/mol. The van der Waals surface area contributed by atoms with Crippen molar-refractivity contribution in [1.82, 2.24) is 4.90 Å². The Labute approximate surface area is 116 Å². The van der Waals surface area contributed by atoms with Crippen LogP contribution in [0.1, 0.15) is 25.0 Å². The van der Waals surface area contributed by atoms with Gasteiger partial charge in [0.15, 0.2) is 0 Å². The highest BCUT2D eigenvalue weighted by atomic mass is 16.5. The lowest BCUT2D eigenvalue weighted by atomic mass is 10.1. The van der Waals surface area contributed by atoms with E-state index in [0.717, 1.165) is 38.4 Å². The topological polar surface area (TPSA) is 38.5 Å². The van der Waals surface area contributed by atoms with Gasteiger partial charge in [0.25, 0.3) is 0 Å². The molecule has 19 heavy (non-hydrogen) atoms. The van der Waals surface area contributed by atoms with Gasteiger partial charge in [-0.3, -0.25) is 4.90 Å². The molecule has 0 aliphatic carbocycles. The van der Waals surface area contributed by atoms with Crippen molar-refractivity contribution in [3.05, 3.63) is 35.4 Å². The maximum absolute atomic E-state index is 5.43. The van der Waals surface area contributed by atoms with Crippen LogP contribution >= 0.6 is 0 Å². The molecule has 0 spiro atoms. The zero-order valence-electron chi connectivity index (χ0n) is 12.0. The highest BCUT2D eigenvalue weighted by Crippen LogP contribution is 2.10. The van der Waals surface area contributed by atoms with E-state index < -0.39 is 0 Å². The molecule has 0 bridgehead atoms. The molecule has 0 unspecified atom stereocenters. The van der Waals surface area contributed by atoms with Crippen molar-refractivity contribution >= 4 is 0 Å². The molecule has 1 aromatic carbocycles. The summed E-state index contributed by atoms with van der Waals surface area (Å²) in [6, 6.07) is 8.25. The van der Waals surface area contributed by atoms with Crippen molar-refractivity contribution in [2.45, 2.75) is 20.4 Å². The molecule has 0 saturated carbocycles. The first kappa shape index (κ1) is 15.7. The van der Waals surface area contributed by atoms with Gasteiger partial charge in [-0.1, -0.05) is 37.0 Å². The van der Waals surface area contributed by atoms with Crippen molar-refractivity contribution in [2.24, 2.45) is 5.73 Å². The molecule has 3 heteroatoms. The van der Waals surface area contributed by atoms with E-state index in [1.165, 1.54) is 5.56 Å². The van der Waals surface area contributed by atoms with Crippen molar-refractivity contribution < 1.29 is 4.74 Å². The highest BCUT2D eigenvalue weighted by Gasteiger charge is 2.06. The normalized spacial score (nSPS) is 10.3. The average Bonchev–Trinajstić information content (AvgIpc) is 2.45. The molecule has 0 fully saturated rings. The lowest BCUT2D eigenvalue weighted by molar-refractivity contribution is 0.113. The van der Waals surface area contributed by atoms with Crippen molar-refractivity contribution in [3.63, 3.8) is 0 Å². The third-order valence-corrected chi connectivity index (χ3v) is 2.94. The number of likely N-dealkylation sites (N-methyl/N-ethyl adjacent to an activating group) is 1. The summed E-state index contributed by atoms with van der Waals surface area (Å²) in [5.41, 5.74) is 7.76. The summed E-state index contributed by atoms with van der Waals surface area (Å²) in [4.78, 5) is 2.36. The minimum absolute atomic E-state index is 0.399. The predicted octanol–water partition coefficient (Wildman–Crippen LogP) is 1.86. The Balaban J connectivity index is 2.68. The number of nitrogens with zero attached hydrogens (tertiary/aromatic N) is 1. The molecular formula is C16H24N2O. The van der Waals surface area contributed by atoms with Crippen molar-refractivity contribution in [2.75, 3.05) is 32.8 Å². The van der Waals surface area contributed by atoms with Crippen LogP contribution < -0.4 is 5.73 Å². The molecule has 2 N–H and O–H groups in total. The third-order valence-electron chi connectivity index (χ3n) is 2.94. The fourth-order valence-corrected chi connectivity index (χ4v) is 1.85. The summed E-state index contributed by atoms with van der Waals surface area (Å²) >= 11 is 0. The molecule has 0 radical (unpaired) electrons. The van der Waals surface area contributed by atoms with E-state index in [2.05, 4.69) is 35.8 Å². The van der Waals surface area contributed by atoms with Crippen LogP contribution in [0.3, 0.4) is 0 Å². The minimum atomic E-state index is 0.399. The SMILES string of the molecule is CCOCCN(CC)Cc1ccccc1C#CCN. The molecule has 0 heterocycles. The lowest BCUT2D eigenvalue weighted by Crippen LogP contribution is -2.27. The quantitative estimate of drug-likeness (QED) is 0.601.